The first-order valence-electron chi connectivity index (χ1n) is 33.3. The number of para-hydroxylation sites is 2. The smallest absolute Gasteiger partial charge is 0.268 e. The third-order valence-electron chi connectivity index (χ3n) is 19.5. The molecule has 18 aromatic rings. The molecule has 0 unspecified atom stereocenters. The Kier molecular flexibility index (Phi) is 13.8. The lowest BCUT2D eigenvalue weighted by Gasteiger charge is -2.14. The first-order chi connectivity index (χ1) is 50.8. The van der Waals surface area contributed by atoms with Crippen molar-refractivity contribution in [1.29, 1.82) is 0 Å². The standard InChI is InChI=1S/C50H28N6O4S.C19H10N2O2.C15H11N3O2/c57-49(29-19-21-39-41(23-29)55-47-37-17-3-9-27-7-1-15-35(43(27)37)45(47)53-39)51-31-11-5-13-33(25-31)61(59,60)34-14-6-12-32(26-34)52-50(58)30-20-22-40-42(24-30)56-48-38-18-4-10-28-8-2-16-36(44(28)38)46(48)54-40;22-18-12-7-1-2-10-15(12)20-17-13-8-3-5-11-6-4-9-14(16(11)13)19(23)21(17)18;19-13-10-6-2-4-8-12(10)18-14(20)9-5-1-3-7-11(9)16-15(18)17-13/h1-26H,(H,51,57)(H,52,58);1-10H;1-5,7H,6,8H2,(H,16,17,19). The number of fused-ring (bicyclic) bond motifs is 15. The molecule has 3 aliphatic carbocycles. The monoisotopic (exact) mass is 1370 g/mol. The normalized spacial score (nSPS) is 12.4. The van der Waals surface area contributed by atoms with Crippen LogP contribution in [0.25, 0.3) is 143 Å². The first kappa shape index (κ1) is 61.0. The van der Waals surface area contributed by atoms with E-state index < -0.39 is 21.7 Å². The summed E-state index contributed by atoms with van der Waals surface area (Å²) < 4.78 is 30.7. The zero-order valence-corrected chi connectivity index (χ0v) is 55.2. The number of carbonyl (C=O) groups is 2. The third-order valence-corrected chi connectivity index (χ3v) is 21.3. The number of amides is 2. The quantitative estimate of drug-likeness (QED) is 0.0794. The molecule has 0 bridgehead atoms. The van der Waals surface area contributed by atoms with Gasteiger partial charge in [-0.3, -0.25) is 33.8 Å². The summed E-state index contributed by atoms with van der Waals surface area (Å²) >= 11 is 0. The summed E-state index contributed by atoms with van der Waals surface area (Å²) in [5, 5.41) is 14.4. The fourth-order valence-electron chi connectivity index (χ4n) is 14.7. The number of sulfone groups is 1. The molecular weight excluding hydrogens is 1320 g/mol. The average molecular weight is 1370 g/mol. The maximum absolute atomic E-state index is 14.0. The number of pyridine rings is 1. The van der Waals surface area contributed by atoms with Crippen molar-refractivity contribution in [3.05, 3.63) is 319 Å². The van der Waals surface area contributed by atoms with E-state index in [1.165, 1.54) is 33.1 Å². The summed E-state index contributed by atoms with van der Waals surface area (Å²) in [4.78, 5) is 109. The Hall–Kier alpha value is -14.1. The second-order valence-electron chi connectivity index (χ2n) is 25.6. The van der Waals surface area contributed by atoms with E-state index in [1.807, 2.05) is 97.1 Å². The molecule has 20 heteroatoms. The van der Waals surface area contributed by atoms with E-state index in [0.29, 0.717) is 102 Å². The van der Waals surface area contributed by atoms with E-state index in [4.69, 9.17) is 19.9 Å². The van der Waals surface area contributed by atoms with E-state index in [0.717, 1.165) is 88.4 Å². The minimum atomic E-state index is -4.07. The van der Waals surface area contributed by atoms with Gasteiger partial charge in [-0.1, -0.05) is 152 Å². The zero-order valence-electron chi connectivity index (χ0n) is 54.4. The van der Waals surface area contributed by atoms with Crippen LogP contribution in [0.2, 0.25) is 0 Å². The van der Waals surface area contributed by atoms with Gasteiger partial charge in [-0.05, 0) is 126 Å². The highest BCUT2D eigenvalue weighted by Crippen LogP contribution is 2.47. The van der Waals surface area contributed by atoms with Crippen LogP contribution >= 0.6 is 0 Å². The minimum Gasteiger partial charge on any atom is -0.322 e. The Labute approximate surface area is 586 Å². The SMILES string of the molecule is O=C(Nc1cccc(S(=O)(=O)c2cccc(NC(=O)c3ccc4nc5c(nc4c3)-c3cccc4cccc-5c34)c2)c1)c1ccc2nc3c(nc2c1)-c1cccc2cccc-3c12.O=c1[nH]c2nc3ccccc3c(=O)n2c2c1CC=CC2.O=c1c2ccccc2nc2c3cccc4cccc(c(=O)n12)c43. The molecule has 494 valence electrons. The van der Waals surface area contributed by atoms with Crippen LogP contribution in [-0.2, 0) is 22.7 Å². The van der Waals surface area contributed by atoms with Crippen LogP contribution in [0.5, 0.6) is 0 Å². The molecule has 0 aliphatic heterocycles. The van der Waals surface area contributed by atoms with Crippen LogP contribution in [0.4, 0.5) is 11.4 Å². The lowest BCUT2D eigenvalue weighted by Crippen LogP contribution is -2.28. The van der Waals surface area contributed by atoms with Crippen molar-refractivity contribution in [2.45, 2.75) is 22.6 Å². The second-order valence-corrected chi connectivity index (χ2v) is 27.5. The fraction of sp³-hybridized carbons (Fsp3) is 0.0238. The zero-order chi connectivity index (χ0) is 70.2. The van der Waals surface area contributed by atoms with Gasteiger partial charge < -0.3 is 10.6 Å². The summed E-state index contributed by atoms with van der Waals surface area (Å²) in [6, 6.07) is 72.5. The minimum absolute atomic E-state index is 0.0269. The molecule has 0 radical (unpaired) electrons. The maximum Gasteiger partial charge on any atom is 0.268 e. The summed E-state index contributed by atoms with van der Waals surface area (Å²) in [5.41, 5.74) is 13.1. The van der Waals surface area contributed by atoms with E-state index in [-0.39, 0.29) is 32.0 Å². The largest absolute Gasteiger partial charge is 0.322 e. The number of hydrogen-bond acceptors (Lipinski definition) is 14. The van der Waals surface area contributed by atoms with Gasteiger partial charge >= 0.3 is 0 Å². The van der Waals surface area contributed by atoms with Crippen LogP contribution in [0.15, 0.2) is 284 Å². The van der Waals surface area contributed by atoms with Gasteiger partial charge in [-0.25, -0.2) is 47.1 Å². The molecule has 0 atom stereocenters. The second kappa shape index (κ2) is 23.5. The molecule has 0 saturated carbocycles. The number of anilines is 2. The van der Waals surface area contributed by atoms with Crippen molar-refractivity contribution in [3.8, 4) is 45.0 Å². The Morgan fingerprint density at radius 2 is 0.798 bits per heavy atom. The lowest BCUT2D eigenvalue weighted by molar-refractivity contribution is 0.101. The van der Waals surface area contributed by atoms with Crippen molar-refractivity contribution >= 4 is 131 Å². The van der Waals surface area contributed by atoms with E-state index >= 15 is 0 Å². The molecule has 21 rings (SSSR count). The van der Waals surface area contributed by atoms with Crippen LogP contribution < -0.4 is 32.9 Å². The molecule has 3 aliphatic rings. The van der Waals surface area contributed by atoms with E-state index in [2.05, 4.69) is 62.0 Å². The molecule has 0 spiro atoms. The van der Waals surface area contributed by atoms with Gasteiger partial charge in [-0.2, -0.15) is 0 Å². The Bertz CT molecular complexity index is 7060. The van der Waals surface area contributed by atoms with Gasteiger partial charge in [0.1, 0.15) is 0 Å². The van der Waals surface area contributed by atoms with Crippen molar-refractivity contribution < 1.29 is 18.0 Å². The number of H-pyrrole nitrogens is 1. The van der Waals surface area contributed by atoms with Gasteiger partial charge in [0.15, 0.2) is 5.65 Å². The number of nitrogens with one attached hydrogen (secondary N) is 3. The molecule has 19 nitrogen and oxygen atoms in total. The number of aromatic amines is 1. The molecule has 6 heterocycles. The number of rotatable bonds is 6. The Morgan fingerprint density at radius 3 is 1.33 bits per heavy atom. The van der Waals surface area contributed by atoms with Gasteiger partial charge in [-0.15, -0.1) is 0 Å². The average Bonchev–Trinajstić information content (AvgIpc) is 0.805. The molecule has 0 fully saturated rings. The van der Waals surface area contributed by atoms with Gasteiger partial charge in [0, 0.05) is 89.4 Å². The van der Waals surface area contributed by atoms with Gasteiger partial charge in [0.05, 0.1) is 76.4 Å². The Balaban J connectivity index is 0.000000139. The highest BCUT2D eigenvalue weighted by Gasteiger charge is 2.28. The number of aromatic nitrogens is 9. The molecule has 6 aromatic heterocycles. The van der Waals surface area contributed by atoms with Crippen LogP contribution in [0.3, 0.4) is 0 Å². The highest BCUT2D eigenvalue weighted by atomic mass is 32.2. The molecule has 12 aromatic carbocycles. The van der Waals surface area contributed by atoms with E-state index in [1.54, 1.807) is 97.1 Å². The third kappa shape index (κ3) is 9.75. The summed E-state index contributed by atoms with van der Waals surface area (Å²) in [6.07, 6.45) is 5.06. The highest BCUT2D eigenvalue weighted by molar-refractivity contribution is 7.91. The maximum atomic E-state index is 14.0. The van der Waals surface area contributed by atoms with Crippen molar-refractivity contribution in [1.82, 2.24) is 43.7 Å². The number of benzene rings is 12. The predicted octanol–water partition coefficient (Wildman–Crippen LogP) is 14.7. The van der Waals surface area contributed by atoms with Crippen LogP contribution in [-0.4, -0.2) is 63.9 Å². The Morgan fingerprint density at radius 1 is 0.375 bits per heavy atom. The summed E-state index contributed by atoms with van der Waals surface area (Å²) in [7, 11) is -4.07. The number of hydrogen-bond donors (Lipinski definition) is 3. The summed E-state index contributed by atoms with van der Waals surface area (Å²) in [6.45, 7) is 0. The number of carbonyl (C=O) groups excluding carboxylic acids is 2. The molecular formula is C84H49N11O8S. The van der Waals surface area contributed by atoms with Gasteiger partial charge in [0.2, 0.25) is 15.6 Å². The predicted molar refractivity (Wildman–Crippen MR) is 405 cm³/mol. The van der Waals surface area contributed by atoms with Gasteiger partial charge in [0.25, 0.3) is 34.1 Å². The van der Waals surface area contributed by atoms with Crippen LogP contribution in [0, 0.1) is 0 Å². The molecule has 104 heavy (non-hydrogen) atoms. The lowest BCUT2D eigenvalue weighted by atomic mass is 10.0. The van der Waals surface area contributed by atoms with Crippen molar-refractivity contribution in [3.63, 3.8) is 0 Å². The van der Waals surface area contributed by atoms with Crippen molar-refractivity contribution in [2.24, 2.45) is 0 Å². The van der Waals surface area contributed by atoms with E-state index in [9.17, 15) is 37.2 Å². The topological polar surface area (TPSA) is 263 Å². The van der Waals surface area contributed by atoms with Crippen molar-refractivity contribution in [2.75, 3.05) is 10.6 Å². The molecule has 0 saturated heterocycles. The molecule has 3 N–H and O–H groups in total. The fourth-order valence-corrected chi connectivity index (χ4v) is 16.0. The number of allylic oxidation sites excluding steroid dienone is 2. The summed E-state index contributed by atoms with van der Waals surface area (Å²) in [5.74, 6) is -0.548. The number of nitrogens with zero attached hydrogens (tertiary/aromatic N) is 8. The van der Waals surface area contributed by atoms with Crippen LogP contribution in [0.1, 0.15) is 32.0 Å². The first-order valence-corrected chi connectivity index (χ1v) is 34.8. The molecule has 2 amide bonds.